The van der Waals surface area contributed by atoms with Crippen molar-refractivity contribution in [3.05, 3.63) is 59.2 Å². The number of phenols is 1. The van der Waals surface area contributed by atoms with Crippen LogP contribution in [0.25, 0.3) is 0 Å². The molecule has 0 unspecified atom stereocenters. The Kier molecular flexibility index (Phi) is 10.9. The number of rotatable bonds is 15. The highest BCUT2D eigenvalue weighted by molar-refractivity contribution is 7.92. The molecule has 0 fully saturated rings. The minimum atomic E-state index is -3.43. The van der Waals surface area contributed by atoms with Gasteiger partial charge >= 0.3 is 0 Å². The zero-order valence-corrected chi connectivity index (χ0v) is 22.2. The number of unbranched alkanes of at least 4 members (excludes halogenated alkanes) is 3. The molecular weight excluding hydrogens is 458 g/mol. The molecular formula is C28H43N3O3S. The van der Waals surface area contributed by atoms with Crippen LogP contribution in [0, 0.1) is 0 Å². The minimum Gasteiger partial charge on any atom is -0.506 e. The Labute approximate surface area is 212 Å². The third-order valence-electron chi connectivity index (χ3n) is 6.87. The molecule has 0 amide bonds. The fourth-order valence-electron chi connectivity index (χ4n) is 5.12. The summed E-state index contributed by atoms with van der Waals surface area (Å²) in [6, 6.07) is 14.7. The largest absolute Gasteiger partial charge is 0.506 e. The van der Waals surface area contributed by atoms with E-state index in [2.05, 4.69) is 52.2 Å². The summed E-state index contributed by atoms with van der Waals surface area (Å²) in [6.07, 6.45) is 10.9. The second kappa shape index (κ2) is 13.9. The molecule has 0 bridgehead atoms. The zero-order valence-electron chi connectivity index (χ0n) is 21.4. The summed E-state index contributed by atoms with van der Waals surface area (Å²) in [5, 5.41) is 13.8. The predicted molar refractivity (Wildman–Crippen MR) is 146 cm³/mol. The molecule has 7 heteroatoms. The molecule has 35 heavy (non-hydrogen) atoms. The summed E-state index contributed by atoms with van der Waals surface area (Å²) in [5.41, 5.74) is 3.85. The molecule has 0 aliphatic heterocycles. The first-order valence-electron chi connectivity index (χ1n) is 13.2. The fraction of sp³-hybridized carbons (Fsp3) is 0.571. The Bertz CT molecular complexity index is 1010. The van der Waals surface area contributed by atoms with E-state index in [-0.39, 0.29) is 5.75 Å². The number of benzene rings is 2. The molecule has 6 nitrogen and oxygen atoms in total. The molecule has 2 aromatic rings. The van der Waals surface area contributed by atoms with E-state index >= 15 is 0 Å². The molecule has 3 N–H and O–H groups in total. The van der Waals surface area contributed by atoms with Gasteiger partial charge < -0.3 is 15.3 Å². The lowest BCUT2D eigenvalue weighted by Crippen LogP contribution is -2.40. The number of aromatic hydroxyl groups is 1. The Balaban J connectivity index is 1.40. The maximum Gasteiger partial charge on any atom is 0.229 e. The van der Waals surface area contributed by atoms with Crippen molar-refractivity contribution in [2.45, 2.75) is 70.8 Å². The Hall–Kier alpha value is -2.09. The normalized spacial score (nSPS) is 15.8. The van der Waals surface area contributed by atoms with Gasteiger partial charge in [-0.2, -0.15) is 0 Å². The molecule has 0 aromatic heterocycles. The highest BCUT2D eigenvalue weighted by Gasteiger charge is 2.27. The summed E-state index contributed by atoms with van der Waals surface area (Å²) < 4.78 is 26.1. The number of anilines is 1. The lowest BCUT2D eigenvalue weighted by atomic mass is 9.86. The number of phenolic OH excluding ortho intramolecular Hbond substituents is 1. The summed E-state index contributed by atoms with van der Waals surface area (Å²) in [5.74, 6) is 0.00703. The highest BCUT2D eigenvalue weighted by atomic mass is 32.2. The van der Waals surface area contributed by atoms with Gasteiger partial charge in [0.15, 0.2) is 0 Å². The maximum absolute atomic E-state index is 11.8. The fourth-order valence-corrected chi connectivity index (χ4v) is 5.72. The van der Waals surface area contributed by atoms with Crippen LogP contribution in [0.4, 0.5) is 5.69 Å². The van der Waals surface area contributed by atoms with Gasteiger partial charge in [-0.3, -0.25) is 4.72 Å². The average molecular weight is 502 g/mol. The molecule has 0 heterocycles. The molecule has 0 spiro atoms. The van der Waals surface area contributed by atoms with Crippen LogP contribution in [0.2, 0.25) is 0 Å². The van der Waals surface area contributed by atoms with E-state index in [9.17, 15) is 13.5 Å². The van der Waals surface area contributed by atoms with Crippen molar-refractivity contribution < 1.29 is 13.5 Å². The van der Waals surface area contributed by atoms with Crippen molar-refractivity contribution in [2.24, 2.45) is 0 Å². The molecule has 1 aliphatic rings. The summed E-state index contributed by atoms with van der Waals surface area (Å²) in [7, 11) is -3.43. The third-order valence-corrected chi connectivity index (χ3v) is 7.44. The van der Waals surface area contributed by atoms with Gasteiger partial charge in [0.05, 0.1) is 11.9 Å². The van der Waals surface area contributed by atoms with Crippen LogP contribution in [0.1, 0.15) is 62.1 Å². The zero-order chi connectivity index (χ0) is 25.1. The second-order valence-electron chi connectivity index (χ2n) is 9.80. The van der Waals surface area contributed by atoms with E-state index in [1.54, 1.807) is 6.07 Å². The highest BCUT2D eigenvalue weighted by Crippen LogP contribution is 2.36. The first-order valence-corrected chi connectivity index (χ1v) is 15.1. The first-order chi connectivity index (χ1) is 16.9. The predicted octanol–water partition coefficient (Wildman–Crippen LogP) is 4.73. The van der Waals surface area contributed by atoms with Crippen molar-refractivity contribution in [1.29, 1.82) is 0 Å². The van der Waals surface area contributed by atoms with Crippen LogP contribution in [-0.4, -0.2) is 56.9 Å². The second-order valence-corrected chi connectivity index (χ2v) is 11.6. The molecule has 3 rings (SSSR count). The average Bonchev–Trinajstić information content (AvgIpc) is 2.84. The van der Waals surface area contributed by atoms with Crippen molar-refractivity contribution in [3.63, 3.8) is 0 Å². The van der Waals surface area contributed by atoms with Gasteiger partial charge in [-0.25, -0.2) is 8.42 Å². The number of nitrogens with one attached hydrogen (secondary N) is 2. The van der Waals surface area contributed by atoms with Gasteiger partial charge in [0.1, 0.15) is 5.75 Å². The van der Waals surface area contributed by atoms with E-state index in [0.29, 0.717) is 11.7 Å². The van der Waals surface area contributed by atoms with Gasteiger partial charge in [-0.05, 0) is 93.9 Å². The topological polar surface area (TPSA) is 81.7 Å². The molecule has 1 aliphatic carbocycles. The van der Waals surface area contributed by atoms with Crippen LogP contribution in [-0.2, 0) is 29.3 Å². The summed E-state index contributed by atoms with van der Waals surface area (Å²) >= 11 is 0. The van der Waals surface area contributed by atoms with Crippen LogP contribution < -0.4 is 10.0 Å². The molecule has 1 atom stereocenters. The monoisotopic (exact) mass is 501 g/mol. The van der Waals surface area contributed by atoms with Gasteiger partial charge in [-0.1, -0.05) is 56.2 Å². The SMILES string of the molecule is CCCN(CCCCCCNCCc1ccccc1)[C@H]1CCc2c(ccc(O)c2NS(C)(=O)=O)C1. The maximum atomic E-state index is 11.8. The first kappa shape index (κ1) is 27.5. The molecule has 0 saturated heterocycles. The number of hydrogen-bond donors (Lipinski definition) is 3. The lowest BCUT2D eigenvalue weighted by Gasteiger charge is -2.36. The van der Waals surface area contributed by atoms with Crippen molar-refractivity contribution in [2.75, 3.05) is 37.2 Å². The van der Waals surface area contributed by atoms with Crippen LogP contribution in [0.15, 0.2) is 42.5 Å². The van der Waals surface area contributed by atoms with Gasteiger partial charge in [0.25, 0.3) is 0 Å². The third kappa shape index (κ3) is 9.13. The van der Waals surface area contributed by atoms with Gasteiger partial charge in [-0.15, -0.1) is 0 Å². The number of sulfonamides is 1. The molecule has 194 valence electrons. The Morgan fingerprint density at radius 1 is 1.00 bits per heavy atom. The summed E-state index contributed by atoms with van der Waals surface area (Å²) in [4.78, 5) is 2.62. The quantitative estimate of drug-likeness (QED) is 0.243. The van der Waals surface area contributed by atoms with Gasteiger partial charge in [0, 0.05) is 6.04 Å². The van der Waals surface area contributed by atoms with Crippen LogP contribution in [0.5, 0.6) is 5.75 Å². The summed E-state index contributed by atoms with van der Waals surface area (Å²) in [6.45, 7) is 6.56. The van der Waals surface area contributed by atoms with Crippen LogP contribution >= 0.6 is 0 Å². The van der Waals surface area contributed by atoms with Crippen LogP contribution in [0.3, 0.4) is 0 Å². The lowest BCUT2D eigenvalue weighted by molar-refractivity contribution is 0.176. The number of nitrogens with zero attached hydrogens (tertiary/aromatic N) is 1. The number of fused-ring (bicyclic) bond motifs is 1. The van der Waals surface area contributed by atoms with Crippen molar-refractivity contribution in [3.8, 4) is 5.75 Å². The minimum absolute atomic E-state index is 0.00703. The van der Waals surface area contributed by atoms with Gasteiger partial charge in [0.2, 0.25) is 10.0 Å². The molecule has 2 aromatic carbocycles. The Morgan fingerprint density at radius 3 is 2.51 bits per heavy atom. The smallest absolute Gasteiger partial charge is 0.229 e. The van der Waals surface area contributed by atoms with Crippen molar-refractivity contribution >= 4 is 15.7 Å². The number of hydrogen-bond acceptors (Lipinski definition) is 5. The Morgan fingerprint density at radius 2 is 1.77 bits per heavy atom. The van der Waals surface area contributed by atoms with E-state index < -0.39 is 10.0 Å². The van der Waals surface area contributed by atoms with E-state index in [4.69, 9.17) is 0 Å². The van der Waals surface area contributed by atoms with E-state index in [1.807, 2.05) is 6.07 Å². The molecule has 0 radical (unpaired) electrons. The van der Waals surface area contributed by atoms with E-state index in [1.165, 1.54) is 31.2 Å². The molecule has 0 saturated carbocycles. The van der Waals surface area contributed by atoms with Crippen molar-refractivity contribution in [1.82, 2.24) is 10.2 Å². The standard InChI is InChI=1S/C28H43N3O3S/c1-3-20-31(21-10-5-4-9-18-29-19-17-23-11-7-6-8-12-23)25-14-15-26-24(22-25)13-16-27(32)28(26)30-35(2,33)34/h6-8,11-13,16,25,29-30,32H,3-5,9-10,14-15,17-22H2,1-2H3/t25-/m0/s1. The van der Waals surface area contributed by atoms with E-state index in [0.717, 1.165) is 75.7 Å².